The summed E-state index contributed by atoms with van der Waals surface area (Å²) in [6.45, 7) is 0. The number of nitrogens with one attached hydrogen (secondary N) is 1. The number of non-ortho nitro benzene ring substituents is 1. The van der Waals surface area contributed by atoms with Crippen molar-refractivity contribution in [1.29, 1.82) is 0 Å². The Bertz CT molecular complexity index is 1320. The largest absolute Gasteiger partial charge is 0.460 e. The number of hydrogen-bond donors (Lipinski definition) is 1. The molecule has 0 aliphatic rings. The smallest absolute Gasteiger partial charge is 0.325 e. The average Bonchev–Trinajstić information content (AvgIpc) is 2.71. The van der Waals surface area contributed by atoms with E-state index in [-0.39, 0.29) is 0 Å². The number of carbonyl (C=O) groups is 1. The van der Waals surface area contributed by atoms with Gasteiger partial charge in [0.15, 0.2) is 9.84 Å². The van der Waals surface area contributed by atoms with Crippen molar-refractivity contribution < 1.29 is 53.8 Å². The van der Waals surface area contributed by atoms with Gasteiger partial charge in [0.1, 0.15) is 10.6 Å². The fraction of sp³-hybridized carbons (Fsp3) is 0.235. The summed E-state index contributed by atoms with van der Waals surface area (Å²) in [6, 6.07) is 4.64. The number of nitro benzene ring substituents is 2. The Morgan fingerprint density at radius 1 is 0.944 bits per heavy atom. The van der Waals surface area contributed by atoms with E-state index >= 15 is 0 Å². The van der Waals surface area contributed by atoms with Gasteiger partial charge in [-0.25, -0.2) is 8.42 Å². The summed E-state index contributed by atoms with van der Waals surface area (Å²) in [7, 11) is -4.80. The van der Waals surface area contributed by atoms with Crippen LogP contribution in [0.2, 0.25) is 0 Å². The molecule has 0 fully saturated rings. The van der Waals surface area contributed by atoms with Crippen molar-refractivity contribution in [3.8, 4) is 0 Å². The van der Waals surface area contributed by atoms with Crippen molar-refractivity contribution in [2.75, 3.05) is 11.1 Å². The molecule has 1 amide bonds. The van der Waals surface area contributed by atoms with Crippen LogP contribution in [0, 0.1) is 20.2 Å². The zero-order chi connectivity index (χ0) is 27.7. The summed E-state index contributed by atoms with van der Waals surface area (Å²) in [4.78, 5) is 29.9. The van der Waals surface area contributed by atoms with E-state index in [4.69, 9.17) is 0 Å². The normalized spacial score (nSPS) is 12.8. The molecular formula is C17H10F7N3O7S2. The quantitative estimate of drug-likeness (QED) is 0.197. The highest BCUT2D eigenvalue weighted by Gasteiger charge is 2.73. The molecule has 2 aromatic carbocycles. The molecule has 0 heterocycles. The molecule has 10 nitrogen and oxygen atoms in total. The molecular weight excluding hydrogens is 555 g/mol. The van der Waals surface area contributed by atoms with E-state index in [0.29, 0.717) is 24.3 Å². The molecule has 36 heavy (non-hydrogen) atoms. The Labute approximate surface area is 199 Å². The second-order valence-corrected chi connectivity index (χ2v) is 9.84. The standard InChI is InChI=1S/C17H10F7N3O7S2/c18-15(19,16(20,21)22)17(23,24)35-11-3-1-2-9(6-11)25-14(28)8-36(33,34)13-5-4-10(26(29)30)7-12(13)27(31)32/h1-7H,8H2,(H,25,28). The summed E-state index contributed by atoms with van der Waals surface area (Å²) in [5.41, 5.74) is -2.50. The Kier molecular flexibility index (Phi) is 7.89. The molecule has 0 aliphatic heterocycles. The SMILES string of the molecule is O=C(CS(=O)(=O)c1ccc([N+](=O)[O-])cc1[N+](=O)[O-])Nc1cccc(SC(F)(F)C(F)(F)C(F)(F)F)c1. The van der Waals surface area contributed by atoms with Gasteiger partial charge in [-0.05, 0) is 36.0 Å². The molecule has 0 aliphatic carbocycles. The number of rotatable bonds is 9. The van der Waals surface area contributed by atoms with E-state index in [2.05, 4.69) is 0 Å². The first-order chi connectivity index (χ1) is 16.3. The second kappa shape index (κ2) is 9.88. The monoisotopic (exact) mass is 565 g/mol. The second-order valence-electron chi connectivity index (χ2n) is 6.69. The number of nitrogens with zero attached hydrogens (tertiary/aromatic N) is 2. The number of nitro groups is 2. The van der Waals surface area contributed by atoms with Crippen molar-refractivity contribution in [1.82, 2.24) is 0 Å². The molecule has 0 spiro atoms. The lowest BCUT2D eigenvalue weighted by atomic mass is 10.3. The van der Waals surface area contributed by atoms with E-state index in [1.807, 2.05) is 5.32 Å². The van der Waals surface area contributed by atoms with Crippen LogP contribution in [0.3, 0.4) is 0 Å². The minimum absolute atomic E-state index is 0.350. The molecule has 0 aromatic heterocycles. The van der Waals surface area contributed by atoms with Crippen molar-refractivity contribution in [3.63, 3.8) is 0 Å². The van der Waals surface area contributed by atoms with E-state index in [0.717, 1.165) is 18.2 Å². The van der Waals surface area contributed by atoms with Crippen LogP contribution in [-0.2, 0) is 14.6 Å². The predicted molar refractivity (Wildman–Crippen MR) is 109 cm³/mol. The van der Waals surface area contributed by atoms with Crippen molar-refractivity contribution in [3.05, 3.63) is 62.7 Å². The van der Waals surface area contributed by atoms with Crippen LogP contribution < -0.4 is 5.32 Å². The molecule has 2 aromatic rings. The predicted octanol–water partition coefficient (Wildman–Crippen LogP) is 4.80. The number of anilines is 1. The van der Waals surface area contributed by atoms with E-state index in [9.17, 15) is 64.2 Å². The lowest BCUT2D eigenvalue weighted by Gasteiger charge is -2.27. The molecule has 1 N–H and O–H groups in total. The number of thioether (sulfide) groups is 1. The molecule has 0 atom stereocenters. The van der Waals surface area contributed by atoms with Crippen LogP contribution in [0.1, 0.15) is 0 Å². The van der Waals surface area contributed by atoms with Crippen molar-refractivity contribution >= 4 is 44.6 Å². The lowest BCUT2D eigenvalue weighted by Crippen LogP contribution is -2.49. The zero-order valence-corrected chi connectivity index (χ0v) is 18.6. The van der Waals surface area contributed by atoms with Gasteiger partial charge < -0.3 is 5.32 Å². The Hall–Kier alpha value is -3.48. The molecule has 0 saturated heterocycles. The highest BCUT2D eigenvalue weighted by atomic mass is 32.2. The number of alkyl halides is 7. The van der Waals surface area contributed by atoms with Gasteiger partial charge in [-0.1, -0.05) is 6.07 Å². The fourth-order valence-electron chi connectivity index (χ4n) is 2.49. The minimum Gasteiger partial charge on any atom is -0.325 e. The Morgan fingerprint density at radius 3 is 2.08 bits per heavy atom. The van der Waals surface area contributed by atoms with Crippen LogP contribution in [0.15, 0.2) is 52.3 Å². The fourth-order valence-corrected chi connectivity index (χ4v) is 4.66. The summed E-state index contributed by atoms with van der Waals surface area (Å²) in [5, 5.41) is 18.1. The molecule has 2 rings (SSSR count). The first kappa shape index (κ1) is 28.8. The van der Waals surface area contributed by atoms with Crippen molar-refractivity contribution in [2.45, 2.75) is 27.1 Å². The molecule has 0 radical (unpaired) electrons. The number of carbonyl (C=O) groups excluding carboxylic acids is 1. The van der Waals surface area contributed by atoms with Crippen LogP contribution in [-0.4, -0.2) is 47.3 Å². The van der Waals surface area contributed by atoms with Gasteiger partial charge in [0.05, 0.1) is 15.9 Å². The lowest BCUT2D eigenvalue weighted by molar-refractivity contribution is -0.396. The summed E-state index contributed by atoms with van der Waals surface area (Å²) >= 11 is -1.16. The Balaban J connectivity index is 2.24. The van der Waals surface area contributed by atoms with Gasteiger partial charge in [-0.2, -0.15) is 30.7 Å². The average molecular weight is 565 g/mol. The van der Waals surface area contributed by atoms with Gasteiger partial charge in [0.2, 0.25) is 5.91 Å². The highest BCUT2D eigenvalue weighted by Crippen LogP contribution is 2.53. The van der Waals surface area contributed by atoms with Gasteiger partial charge >= 0.3 is 17.4 Å². The molecule has 19 heteroatoms. The Morgan fingerprint density at radius 2 is 1.56 bits per heavy atom. The molecule has 196 valence electrons. The van der Waals surface area contributed by atoms with Gasteiger partial charge in [-0.15, -0.1) is 0 Å². The third-order valence-electron chi connectivity index (χ3n) is 4.09. The first-order valence-corrected chi connectivity index (χ1v) is 11.3. The number of halogens is 7. The number of amides is 1. The van der Waals surface area contributed by atoms with Crippen LogP contribution in [0.25, 0.3) is 0 Å². The third-order valence-corrected chi connectivity index (χ3v) is 6.75. The molecule has 0 saturated carbocycles. The highest BCUT2D eigenvalue weighted by molar-refractivity contribution is 8.00. The minimum atomic E-state index is -6.57. The van der Waals surface area contributed by atoms with Crippen LogP contribution >= 0.6 is 11.8 Å². The van der Waals surface area contributed by atoms with Crippen LogP contribution in [0.5, 0.6) is 0 Å². The zero-order valence-electron chi connectivity index (χ0n) is 17.0. The van der Waals surface area contributed by atoms with Gasteiger partial charge in [0, 0.05) is 16.6 Å². The van der Waals surface area contributed by atoms with Crippen LogP contribution in [0.4, 0.5) is 47.8 Å². The summed E-state index contributed by atoms with van der Waals surface area (Å²) in [5.74, 6) is -9.29. The van der Waals surface area contributed by atoms with Gasteiger partial charge in [0.25, 0.3) is 11.4 Å². The van der Waals surface area contributed by atoms with E-state index in [1.165, 1.54) is 0 Å². The van der Waals surface area contributed by atoms with E-state index in [1.54, 1.807) is 0 Å². The maximum Gasteiger partial charge on any atom is 0.460 e. The summed E-state index contributed by atoms with van der Waals surface area (Å²) in [6.07, 6.45) is -6.57. The third kappa shape index (κ3) is 6.20. The summed E-state index contributed by atoms with van der Waals surface area (Å²) < 4.78 is 115. The maximum atomic E-state index is 13.6. The topological polar surface area (TPSA) is 150 Å². The van der Waals surface area contributed by atoms with Gasteiger partial charge in [-0.3, -0.25) is 25.0 Å². The molecule has 0 unspecified atom stereocenters. The van der Waals surface area contributed by atoms with Crippen molar-refractivity contribution in [2.24, 2.45) is 0 Å². The number of benzene rings is 2. The number of hydrogen-bond acceptors (Lipinski definition) is 8. The van der Waals surface area contributed by atoms with E-state index < -0.39 is 87.3 Å². The maximum absolute atomic E-state index is 13.6. The molecule has 0 bridgehead atoms. The number of sulfone groups is 1. The first-order valence-electron chi connectivity index (χ1n) is 8.85.